The number of nitrogens with one attached hydrogen (secondary N) is 2. The summed E-state index contributed by atoms with van der Waals surface area (Å²) in [7, 11) is -2.92. The van der Waals surface area contributed by atoms with Crippen LogP contribution in [-0.4, -0.2) is 37.6 Å². The van der Waals surface area contributed by atoms with E-state index < -0.39 is 43.7 Å². The summed E-state index contributed by atoms with van der Waals surface area (Å²) in [6.45, 7) is 1.92. The molecule has 2 N–H and O–H groups in total. The number of anilines is 1. The van der Waals surface area contributed by atoms with Gasteiger partial charge in [0, 0.05) is 18.9 Å². The second-order valence-corrected chi connectivity index (χ2v) is 8.34. The summed E-state index contributed by atoms with van der Waals surface area (Å²) in [6.07, 6.45) is 0.987. The molecule has 1 amide bonds. The largest absolute Gasteiger partial charge is 0.377 e. The molecule has 3 rings (SSSR count). The molecule has 1 aromatic carbocycles. The lowest BCUT2D eigenvalue weighted by atomic mass is 10.0. The number of aryl methyl sites for hydroxylation is 1. The lowest BCUT2D eigenvalue weighted by Gasteiger charge is -2.38. The van der Waals surface area contributed by atoms with Crippen LogP contribution in [0.15, 0.2) is 29.3 Å². The van der Waals surface area contributed by atoms with Crippen molar-refractivity contribution in [2.75, 3.05) is 18.5 Å². The Morgan fingerprint density at radius 2 is 2.04 bits per heavy atom. The van der Waals surface area contributed by atoms with Crippen molar-refractivity contribution in [3.63, 3.8) is 0 Å². The number of nitrogens with zero attached hydrogens (tertiary/aromatic N) is 2. The van der Waals surface area contributed by atoms with Gasteiger partial charge < -0.3 is 14.6 Å². The molecule has 28 heavy (non-hydrogen) atoms. The lowest BCUT2D eigenvalue weighted by Crippen LogP contribution is -2.59. The normalized spacial score (nSPS) is 15.5. The summed E-state index contributed by atoms with van der Waals surface area (Å²) >= 11 is 0. The first kappa shape index (κ1) is 19.9. The monoisotopic (exact) mass is 410 g/mol. The quantitative estimate of drug-likeness (QED) is 0.776. The maximum absolute atomic E-state index is 14.8. The predicted molar refractivity (Wildman–Crippen MR) is 94.0 cm³/mol. The van der Waals surface area contributed by atoms with Crippen molar-refractivity contribution >= 4 is 21.6 Å². The van der Waals surface area contributed by atoms with Gasteiger partial charge in [-0.1, -0.05) is 0 Å². The first-order chi connectivity index (χ1) is 13.1. The van der Waals surface area contributed by atoms with Crippen molar-refractivity contribution in [1.82, 2.24) is 9.29 Å². The molecule has 148 valence electrons. The number of rotatable bonds is 5. The number of aromatic nitrogens is 1. The van der Waals surface area contributed by atoms with E-state index in [1.807, 2.05) is 0 Å². The molecule has 2 heterocycles. The fourth-order valence-electron chi connectivity index (χ4n) is 2.74. The fraction of sp³-hybridized carbons (Fsp3) is 0.294. The summed E-state index contributed by atoms with van der Waals surface area (Å²) in [5.74, 6) is -2.94. The van der Waals surface area contributed by atoms with E-state index in [9.17, 15) is 22.0 Å². The van der Waals surface area contributed by atoms with E-state index in [1.54, 1.807) is 13.0 Å². The summed E-state index contributed by atoms with van der Waals surface area (Å²) in [5.41, 5.74) is -1.61. The molecular weight excluding hydrogens is 394 g/mol. The molecule has 0 unspecified atom stereocenters. The number of sulfonamides is 1. The minimum absolute atomic E-state index is 0.0604. The Bertz CT molecular complexity index is 1100. The number of benzene rings is 1. The van der Waals surface area contributed by atoms with Gasteiger partial charge in [0.2, 0.25) is 10.0 Å². The van der Waals surface area contributed by atoms with Crippen LogP contribution in [0.4, 0.5) is 14.5 Å². The number of carbonyl (C=O) groups excluding carboxylic acids is 1. The second-order valence-electron chi connectivity index (χ2n) is 6.69. The van der Waals surface area contributed by atoms with Crippen LogP contribution >= 0.6 is 0 Å². The standard InChI is InChI=1S/C17H16F2N4O4S/c1-17(8-27-9-17)22-28(25,26)13-7-23(2)15(14(13)19)16(24)21-11-3-4-12(18)10(5-11)6-20/h3-5,7,22H,8-9H2,1-2H3,(H,21,24). The molecule has 1 aliphatic rings. The molecule has 0 atom stereocenters. The number of hydrogen-bond donors (Lipinski definition) is 2. The van der Waals surface area contributed by atoms with Gasteiger partial charge in [-0.3, -0.25) is 4.79 Å². The van der Waals surface area contributed by atoms with Crippen LogP contribution in [0.2, 0.25) is 0 Å². The number of halogens is 2. The SMILES string of the molecule is Cn1cc(S(=O)(=O)NC2(C)COC2)c(F)c1C(=O)Nc1ccc(F)c(C#N)c1. The molecule has 0 aliphatic carbocycles. The average Bonchev–Trinajstić information content (AvgIpc) is 2.90. The van der Waals surface area contributed by atoms with E-state index in [1.165, 1.54) is 13.1 Å². The maximum atomic E-state index is 14.8. The number of hydrogen-bond acceptors (Lipinski definition) is 5. The first-order valence-electron chi connectivity index (χ1n) is 8.04. The average molecular weight is 410 g/mol. The van der Waals surface area contributed by atoms with Crippen LogP contribution in [-0.2, 0) is 21.8 Å². The Labute approximate surface area is 159 Å². The smallest absolute Gasteiger partial charge is 0.275 e. The molecule has 11 heteroatoms. The van der Waals surface area contributed by atoms with Gasteiger partial charge in [-0.2, -0.15) is 5.26 Å². The third kappa shape index (κ3) is 3.62. The van der Waals surface area contributed by atoms with Crippen LogP contribution in [0.3, 0.4) is 0 Å². The molecule has 0 bridgehead atoms. The third-order valence-electron chi connectivity index (χ3n) is 4.16. The van der Waals surface area contributed by atoms with Gasteiger partial charge in [-0.05, 0) is 25.1 Å². The Morgan fingerprint density at radius 3 is 2.61 bits per heavy atom. The van der Waals surface area contributed by atoms with E-state index in [4.69, 9.17) is 10.00 Å². The van der Waals surface area contributed by atoms with E-state index >= 15 is 0 Å². The molecular formula is C17H16F2N4O4S. The van der Waals surface area contributed by atoms with Crippen LogP contribution < -0.4 is 10.0 Å². The van der Waals surface area contributed by atoms with Crippen molar-refractivity contribution < 1.29 is 26.7 Å². The van der Waals surface area contributed by atoms with Gasteiger partial charge in [0.05, 0.1) is 24.3 Å². The summed E-state index contributed by atoms with van der Waals surface area (Å²) in [5, 5.41) is 11.2. The van der Waals surface area contributed by atoms with Gasteiger partial charge in [0.1, 0.15) is 22.5 Å². The van der Waals surface area contributed by atoms with E-state index in [2.05, 4.69) is 10.0 Å². The summed E-state index contributed by atoms with van der Waals surface area (Å²) in [6, 6.07) is 4.90. The topological polar surface area (TPSA) is 113 Å². The molecule has 1 saturated heterocycles. The second kappa shape index (κ2) is 6.97. The fourth-order valence-corrected chi connectivity index (χ4v) is 4.25. The zero-order valence-corrected chi connectivity index (χ0v) is 15.7. The van der Waals surface area contributed by atoms with Crippen molar-refractivity contribution in [1.29, 1.82) is 5.26 Å². The molecule has 1 aromatic heterocycles. The molecule has 0 saturated carbocycles. The minimum atomic E-state index is -4.23. The molecule has 1 fully saturated rings. The highest BCUT2D eigenvalue weighted by Crippen LogP contribution is 2.25. The molecule has 0 spiro atoms. The van der Waals surface area contributed by atoms with Crippen LogP contribution in [0.1, 0.15) is 23.0 Å². The van der Waals surface area contributed by atoms with Crippen molar-refractivity contribution in [3.8, 4) is 6.07 Å². The van der Waals surface area contributed by atoms with E-state index in [-0.39, 0.29) is 24.5 Å². The lowest BCUT2D eigenvalue weighted by molar-refractivity contribution is -0.0523. The van der Waals surface area contributed by atoms with Gasteiger partial charge >= 0.3 is 0 Å². The predicted octanol–water partition coefficient (Wildman–Crippen LogP) is 1.49. The van der Waals surface area contributed by atoms with Crippen molar-refractivity contribution in [2.45, 2.75) is 17.4 Å². The Balaban J connectivity index is 1.89. The number of ether oxygens (including phenoxy) is 1. The van der Waals surface area contributed by atoms with Gasteiger partial charge in [-0.15, -0.1) is 0 Å². The van der Waals surface area contributed by atoms with Crippen LogP contribution in [0, 0.1) is 23.0 Å². The third-order valence-corrected chi connectivity index (χ3v) is 5.78. The highest BCUT2D eigenvalue weighted by atomic mass is 32.2. The minimum Gasteiger partial charge on any atom is -0.377 e. The number of carbonyl (C=O) groups is 1. The Hall–Kier alpha value is -2.81. The Kier molecular flexibility index (Phi) is 4.97. The first-order valence-corrected chi connectivity index (χ1v) is 9.52. The Morgan fingerprint density at radius 1 is 1.36 bits per heavy atom. The van der Waals surface area contributed by atoms with Crippen molar-refractivity contribution in [2.24, 2.45) is 7.05 Å². The van der Waals surface area contributed by atoms with Crippen LogP contribution in [0.5, 0.6) is 0 Å². The van der Waals surface area contributed by atoms with Crippen LogP contribution in [0.25, 0.3) is 0 Å². The van der Waals surface area contributed by atoms with E-state index in [0.29, 0.717) is 0 Å². The number of amides is 1. The molecule has 0 radical (unpaired) electrons. The van der Waals surface area contributed by atoms with Gasteiger partial charge in [0.15, 0.2) is 5.82 Å². The maximum Gasteiger partial charge on any atom is 0.275 e. The highest BCUT2D eigenvalue weighted by Gasteiger charge is 2.40. The van der Waals surface area contributed by atoms with Gasteiger partial charge in [0.25, 0.3) is 5.91 Å². The van der Waals surface area contributed by atoms with Crippen molar-refractivity contribution in [3.05, 3.63) is 47.3 Å². The number of nitriles is 1. The van der Waals surface area contributed by atoms with E-state index in [0.717, 1.165) is 22.9 Å². The zero-order chi connectivity index (χ0) is 20.7. The molecule has 2 aromatic rings. The molecule has 1 aliphatic heterocycles. The summed E-state index contributed by atoms with van der Waals surface area (Å²) in [4.78, 5) is 11.8. The summed E-state index contributed by atoms with van der Waals surface area (Å²) < 4.78 is 61.6. The zero-order valence-electron chi connectivity index (χ0n) is 14.9. The molecule has 8 nitrogen and oxygen atoms in total. The van der Waals surface area contributed by atoms with Gasteiger partial charge in [-0.25, -0.2) is 21.9 Å². The highest BCUT2D eigenvalue weighted by molar-refractivity contribution is 7.89.